The molecule has 0 aliphatic carbocycles. The summed E-state index contributed by atoms with van der Waals surface area (Å²) >= 11 is 1.59. The van der Waals surface area contributed by atoms with Gasteiger partial charge in [0.05, 0.1) is 24.5 Å². The number of ether oxygens (including phenoxy) is 1. The van der Waals surface area contributed by atoms with E-state index in [2.05, 4.69) is 20.2 Å². The highest BCUT2D eigenvalue weighted by Gasteiger charge is 2.20. The van der Waals surface area contributed by atoms with Crippen molar-refractivity contribution in [2.75, 3.05) is 25.5 Å². The summed E-state index contributed by atoms with van der Waals surface area (Å²) in [4.78, 5) is 15.9. The molecule has 1 aliphatic rings. The number of aryl methyl sites for hydroxylation is 2. The zero-order valence-electron chi connectivity index (χ0n) is 19.2. The number of aromatic nitrogens is 2. The van der Waals surface area contributed by atoms with E-state index in [4.69, 9.17) is 15.5 Å². The van der Waals surface area contributed by atoms with Crippen LogP contribution in [0, 0.1) is 13.8 Å². The Balaban J connectivity index is 1.49. The van der Waals surface area contributed by atoms with Crippen molar-refractivity contribution in [3.05, 3.63) is 58.5 Å². The van der Waals surface area contributed by atoms with E-state index in [0.29, 0.717) is 17.3 Å². The summed E-state index contributed by atoms with van der Waals surface area (Å²) in [6.07, 6.45) is 3.14. The zero-order chi connectivity index (χ0) is 23.4. The molecule has 1 saturated heterocycles. The molecule has 0 spiro atoms. The van der Waals surface area contributed by atoms with Gasteiger partial charge in [-0.05, 0) is 62.6 Å². The first kappa shape index (κ1) is 23.2. The highest BCUT2D eigenvalue weighted by Crippen LogP contribution is 2.30. The van der Waals surface area contributed by atoms with Crippen LogP contribution in [-0.2, 0) is 6.54 Å². The summed E-state index contributed by atoms with van der Waals surface area (Å²) in [6, 6.07) is 9.52. The summed E-state index contributed by atoms with van der Waals surface area (Å²) in [7, 11) is 1.86. The number of pyridine rings is 1. The summed E-state index contributed by atoms with van der Waals surface area (Å²) in [5.74, 6) is 1.81. The number of rotatable bonds is 7. The second kappa shape index (κ2) is 10.3. The van der Waals surface area contributed by atoms with Gasteiger partial charge >= 0.3 is 0 Å². The molecule has 8 nitrogen and oxygen atoms in total. The molecule has 4 N–H and O–H groups in total. The first-order valence-corrected chi connectivity index (χ1v) is 11.9. The van der Waals surface area contributed by atoms with E-state index in [1.54, 1.807) is 17.5 Å². The minimum atomic E-state index is -0.183. The number of likely N-dealkylation sites (tertiary alicyclic amines) is 1. The monoisotopic (exact) mass is 466 g/mol. The molecular weight excluding hydrogens is 436 g/mol. The highest BCUT2D eigenvalue weighted by atomic mass is 32.1. The number of aliphatic hydroxyl groups is 1. The van der Waals surface area contributed by atoms with Gasteiger partial charge in [-0.15, -0.1) is 0 Å². The van der Waals surface area contributed by atoms with Gasteiger partial charge in [-0.2, -0.15) is 0 Å². The largest absolute Gasteiger partial charge is 0.455 e. The molecule has 1 aromatic carbocycles. The molecule has 1 aliphatic heterocycles. The number of hydrogen-bond donors (Lipinski definition) is 3. The van der Waals surface area contributed by atoms with Crippen molar-refractivity contribution in [1.29, 1.82) is 0 Å². The van der Waals surface area contributed by atoms with E-state index in [0.717, 1.165) is 65.2 Å². The highest BCUT2D eigenvalue weighted by molar-refractivity contribution is 7.16. The van der Waals surface area contributed by atoms with Gasteiger partial charge in [0.1, 0.15) is 27.2 Å². The Bertz CT molecular complexity index is 1120. The van der Waals surface area contributed by atoms with Crippen molar-refractivity contribution in [2.24, 2.45) is 10.7 Å². The third-order valence-electron chi connectivity index (χ3n) is 5.58. The van der Waals surface area contributed by atoms with Crippen LogP contribution < -0.4 is 15.8 Å². The van der Waals surface area contributed by atoms with Crippen molar-refractivity contribution < 1.29 is 9.84 Å². The van der Waals surface area contributed by atoms with Gasteiger partial charge in [-0.3, -0.25) is 9.88 Å². The quantitative estimate of drug-likeness (QED) is 0.357. The molecule has 0 amide bonds. The minimum absolute atomic E-state index is 0.183. The Kier molecular flexibility index (Phi) is 7.22. The first-order valence-electron chi connectivity index (χ1n) is 11.0. The molecule has 174 valence electrons. The van der Waals surface area contributed by atoms with E-state index in [1.165, 1.54) is 0 Å². The SMILES string of the molecule is CNc1sc(CN2CCC(O)CC2)nc1C(N)=Nc1ccc(Oc2ccc(C)nc2)c(C)c1. The standard InChI is InChI=1S/C24H30N6O2S/c1-15-12-17(5-7-20(15)32-19-6-4-16(2)27-13-19)28-23(25)22-24(26-3)33-21(29-22)14-30-10-8-18(31)9-11-30/h4-7,12-13,18,26,31H,8-11,14H2,1-3H3,(H2,25,28). The number of hydrogen-bond acceptors (Lipinski definition) is 8. The fourth-order valence-electron chi connectivity index (χ4n) is 3.70. The van der Waals surface area contributed by atoms with Crippen LogP contribution in [0.25, 0.3) is 0 Å². The number of aliphatic hydroxyl groups excluding tert-OH is 1. The molecule has 33 heavy (non-hydrogen) atoms. The van der Waals surface area contributed by atoms with Crippen molar-refractivity contribution in [3.8, 4) is 11.5 Å². The van der Waals surface area contributed by atoms with Crippen LogP contribution in [-0.4, -0.2) is 52.1 Å². The Morgan fingerprint density at radius 1 is 1.27 bits per heavy atom. The normalized spacial score (nSPS) is 15.6. The number of nitrogens with zero attached hydrogens (tertiary/aromatic N) is 4. The average molecular weight is 467 g/mol. The molecule has 0 atom stereocenters. The Morgan fingerprint density at radius 3 is 2.73 bits per heavy atom. The van der Waals surface area contributed by atoms with E-state index in [1.807, 2.05) is 51.2 Å². The summed E-state index contributed by atoms with van der Waals surface area (Å²) in [5, 5.41) is 14.8. The zero-order valence-corrected chi connectivity index (χ0v) is 20.0. The molecule has 0 saturated carbocycles. The fourth-order valence-corrected chi connectivity index (χ4v) is 4.66. The predicted molar refractivity (Wildman–Crippen MR) is 133 cm³/mol. The molecule has 9 heteroatoms. The lowest BCUT2D eigenvalue weighted by molar-refractivity contribution is 0.0792. The number of nitrogens with one attached hydrogen (secondary N) is 1. The molecule has 1 fully saturated rings. The number of benzene rings is 1. The van der Waals surface area contributed by atoms with Gasteiger partial charge in [-0.1, -0.05) is 11.3 Å². The van der Waals surface area contributed by atoms with Crippen LogP contribution in [0.2, 0.25) is 0 Å². The fraction of sp³-hybridized carbons (Fsp3) is 0.375. The molecule has 0 radical (unpaired) electrons. The van der Waals surface area contributed by atoms with Crippen LogP contribution >= 0.6 is 11.3 Å². The minimum Gasteiger partial charge on any atom is -0.455 e. The van der Waals surface area contributed by atoms with Crippen LogP contribution in [0.1, 0.15) is 34.8 Å². The summed E-state index contributed by atoms with van der Waals surface area (Å²) in [5.41, 5.74) is 9.66. The second-order valence-electron chi connectivity index (χ2n) is 8.23. The van der Waals surface area contributed by atoms with Crippen molar-refractivity contribution in [1.82, 2.24) is 14.9 Å². The van der Waals surface area contributed by atoms with Crippen molar-refractivity contribution in [3.63, 3.8) is 0 Å². The van der Waals surface area contributed by atoms with Gasteiger partial charge in [0.25, 0.3) is 0 Å². The third kappa shape index (κ3) is 5.87. The van der Waals surface area contributed by atoms with Crippen LogP contribution in [0.3, 0.4) is 0 Å². The maximum atomic E-state index is 9.72. The predicted octanol–water partition coefficient (Wildman–Crippen LogP) is 3.98. The Hall–Kier alpha value is -3.01. The number of piperidine rings is 1. The van der Waals surface area contributed by atoms with Gasteiger partial charge in [-0.25, -0.2) is 9.98 Å². The lowest BCUT2D eigenvalue weighted by Gasteiger charge is -2.28. The number of amidine groups is 1. The van der Waals surface area contributed by atoms with Crippen molar-refractivity contribution in [2.45, 2.75) is 39.3 Å². The lowest BCUT2D eigenvalue weighted by atomic mass is 10.1. The summed E-state index contributed by atoms with van der Waals surface area (Å²) in [6.45, 7) is 6.41. The third-order valence-corrected chi connectivity index (χ3v) is 6.63. The van der Waals surface area contributed by atoms with E-state index < -0.39 is 0 Å². The number of aliphatic imine (C=N–C) groups is 1. The molecular formula is C24H30N6O2S. The molecule has 0 bridgehead atoms. The maximum absolute atomic E-state index is 9.72. The van der Waals surface area contributed by atoms with E-state index in [9.17, 15) is 5.11 Å². The number of thiazole rings is 1. The lowest BCUT2D eigenvalue weighted by Crippen LogP contribution is -2.35. The molecule has 3 heterocycles. The molecule has 0 unspecified atom stereocenters. The number of nitrogens with two attached hydrogens (primary N) is 1. The second-order valence-corrected chi connectivity index (χ2v) is 9.31. The van der Waals surface area contributed by atoms with Crippen LogP contribution in [0.4, 0.5) is 10.7 Å². The van der Waals surface area contributed by atoms with Crippen LogP contribution in [0.15, 0.2) is 41.5 Å². The average Bonchev–Trinajstić information content (AvgIpc) is 3.22. The van der Waals surface area contributed by atoms with E-state index in [-0.39, 0.29) is 6.10 Å². The van der Waals surface area contributed by atoms with Gasteiger partial charge < -0.3 is 20.9 Å². The Morgan fingerprint density at radius 2 is 2.06 bits per heavy atom. The van der Waals surface area contributed by atoms with Gasteiger partial charge in [0, 0.05) is 25.8 Å². The smallest absolute Gasteiger partial charge is 0.153 e. The first-order chi connectivity index (χ1) is 15.9. The van der Waals surface area contributed by atoms with Crippen molar-refractivity contribution >= 4 is 27.9 Å². The maximum Gasteiger partial charge on any atom is 0.153 e. The molecule has 2 aromatic heterocycles. The summed E-state index contributed by atoms with van der Waals surface area (Å²) < 4.78 is 5.94. The molecule has 4 rings (SSSR count). The molecule has 3 aromatic rings. The van der Waals surface area contributed by atoms with Crippen LogP contribution in [0.5, 0.6) is 11.5 Å². The topological polar surface area (TPSA) is 109 Å². The number of anilines is 1. The van der Waals surface area contributed by atoms with E-state index >= 15 is 0 Å². The van der Waals surface area contributed by atoms with Gasteiger partial charge in [0.15, 0.2) is 5.84 Å². The Labute approximate surface area is 198 Å². The van der Waals surface area contributed by atoms with Gasteiger partial charge in [0.2, 0.25) is 0 Å².